The minimum absolute atomic E-state index is 0. The molecule has 0 aliphatic rings. The third-order valence-corrected chi connectivity index (χ3v) is 0. The van der Waals surface area contributed by atoms with Crippen LogP contribution in [0.2, 0.25) is 0 Å². The number of nitrogens with two attached hydrogens (primary N) is 1. The van der Waals surface area contributed by atoms with Crippen LogP contribution >= 0.6 is 0 Å². The second-order valence-electron chi connectivity index (χ2n) is 0.285. The number of rotatable bonds is 0. The Bertz CT molecular complexity index is 58.0. The van der Waals surface area contributed by atoms with E-state index in [0.29, 0.717) is 0 Å². The molecule has 0 radical (unpaired) electrons. The molecule has 0 amide bonds. The van der Waals surface area contributed by atoms with E-state index in [-0.39, 0.29) is 18.9 Å². The molecule has 0 fully saturated rings. The van der Waals surface area contributed by atoms with Crippen LogP contribution in [0.1, 0.15) is 0 Å². The van der Waals surface area contributed by atoms with Crippen molar-refractivity contribution < 1.29 is 8.42 Å². The zero-order valence-electron chi connectivity index (χ0n) is 1.84. The number of hydrogen-bond donors (Lipinski definition) is 2. The summed E-state index contributed by atoms with van der Waals surface area (Å²) >= 11 is 0. The molecule has 2 N–H and O–H groups in total. The van der Waals surface area contributed by atoms with Gasteiger partial charge in [0.15, 0.2) is 10.9 Å². The fourth-order valence-electron chi connectivity index (χ4n) is 0. The van der Waals surface area contributed by atoms with Gasteiger partial charge in [-0.05, 0) is 0 Å². The van der Waals surface area contributed by atoms with Crippen LogP contribution in [0.3, 0.4) is 0 Å². The van der Waals surface area contributed by atoms with Crippen LogP contribution in [0, 0.1) is 0 Å². The van der Waals surface area contributed by atoms with Crippen molar-refractivity contribution in [2.75, 3.05) is 0 Å². The molecule has 5 heteroatoms. The Morgan fingerprint density at radius 1 is 1.40 bits per heavy atom. The Morgan fingerprint density at radius 2 is 1.40 bits per heavy atom. The maximum absolute atomic E-state index is 8.81. The summed E-state index contributed by atoms with van der Waals surface area (Å²) in [7, 11) is -2.62. The Morgan fingerprint density at radius 3 is 1.40 bits per heavy atom. The van der Waals surface area contributed by atoms with Crippen molar-refractivity contribution in [2.45, 2.75) is 0 Å². The van der Waals surface area contributed by atoms with E-state index in [1.807, 2.05) is 0 Å². The average Bonchev–Trinajstić information content (AvgIpc) is 0.811. The van der Waals surface area contributed by atoms with Gasteiger partial charge in [0, 0.05) is 0 Å². The molecule has 0 rings (SSSR count). The molecular formula is H4LiNO2S. The molecule has 3 nitrogen and oxygen atoms in total. The van der Waals surface area contributed by atoms with Crippen LogP contribution in [0.4, 0.5) is 0 Å². The molecule has 0 bridgehead atoms. The molecule has 0 spiro atoms. The van der Waals surface area contributed by atoms with Crippen molar-refractivity contribution in [1.82, 2.24) is 0 Å². The summed E-state index contributed by atoms with van der Waals surface area (Å²) in [5, 5.41) is 4.06. The van der Waals surface area contributed by atoms with Gasteiger partial charge in [0.1, 0.15) is 0 Å². The molecule has 0 aromatic carbocycles. The summed E-state index contributed by atoms with van der Waals surface area (Å²) in [4.78, 5) is 0. The topological polar surface area (TPSA) is 60.2 Å². The van der Waals surface area contributed by atoms with Crippen molar-refractivity contribution in [2.24, 2.45) is 5.14 Å². The Kier molecular flexibility index (Phi) is 8.20. The Balaban J connectivity index is 0. The molecule has 0 atom stereocenters. The zero-order valence-corrected chi connectivity index (χ0v) is 2.74. The van der Waals surface area contributed by atoms with Gasteiger partial charge in [-0.25, -0.2) is 13.6 Å². The van der Waals surface area contributed by atoms with Gasteiger partial charge in [-0.3, -0.25) is 0 Å². The summed E-state index contributed by atoms with van der Waals surface area (Å²) in [6.45, 7) is 0. The maximum atomic E-state index is 8.81. The van der Waals surface area contributed by atoms with Crippen molar-refractivity contribution >= 4 is 29.8 Å². The van der Waals surface area contributed by atoms with Gasteiger partial charge in [0.2, 0.25) is 0 Å². The fraction of sp³-hybridized carbons (Fsp3) is 0. The molecular weight excluding hydrogens is 85.0 g/mol. The molecule has 0 aliphatic carbocycles. The van der Waals surface area contributed by atoms with Gasteiger partial charge in [-0.1, -0.05) is 0 Å². The molecule has 28 valence electrons. The second kappa shape index (κ2) is 4.51. The molecule has 5 heavy (non-hydrogen) atoms. The number of thiol groups is 1. The van der Waals surface area contributed by atoms with Crippen LogP contribution in [-0.4, -0.2) is 27.3 Å². The molecule has 0 saturated carbocycles. The van der Waals surface area contributed by atoms with Crippen LogP contribution in [0.25, 0.3) is 0 Å². The van der Waals surface area contributed by atoms with Crippen molar-refractivity contribution in [3.63, 3.8) is 0 Å². The van der Waals surface area contributed by atoms with Gasteiger partial charge in [-0.2, -0.15) is 0 Å². The quantitative estimate of drug-likeness (QED) is 0.262. The summed E-state index contributed by atoms with van der Waals surface area (Å²) in [5.41, 5.74) is 0. The second-order valence-corrected chi connectivity index (χ2v) is 0.856. The molecule has 0 heterocycles. The SMILES string of the molecule is N[SH](=O)=O.[LiH]. The summed E-state index contributed by atoms with van der Waals surface area (Å²) in [6.07, 6.45) is 0. The predicted octanol–water partition coefficient (Wildman–Crippen LogP) is -2.18. The van der Waals surface area contributed by atoms with Crippen molar-refractivity contribution in [1.29, 1.82) is 0 Å². The summed E-state index contributed by atoms with van der Waals surface area (Å²) in [6, 6.07) is 0. The predicted molar refractivity (Wildman–Crippen MR) is 21.7 cm³/mol. The van der Waals surface area contributed by atoms with Crippen LogP contribution < -0.4 is 5.14 Å². The van der Waals surface area contributed by atoms with E-state index in [1.54, 1.807) is 0 Å². The van der Waals surface area contributed by atoms with E-state index in [9.17, 15) is 0 Å². The fourth-order valence-corrected chi connectivity index (χ4v) is 0. The monoisotopic (exact) mass is 89.0 g/mol. The van der Waals surface area contributed by atoms with Gasteiger partial charge in [0.25, 0.3) is 0 Å². The van der Waals surface area contributed by atoms with E-state index in [1.165, 1.54) is 0 Å². The molecule has 0 unspecified atom stereocenters. The van der Waals surface area contributed by atoms with Crippen LogP contribution in [-0.2, 0) is 10.9 Å². The van der Waals surface area contributed by atoms with E-state index in [4.69, 9.17) is 8.42 Å². The van der Waals surface area contributed by atoms with Crippen molar-refractivity contribution in [3.8, 4) is 0 Å². The zero-order chi connectivity index (χ0) is 3.58. The van der Waals surface area contributed by atoms with Gasteiger partial charge in [-0.15, -0.1) is 0 Å². The third-order valence-electron chi connectivity index (χ3n) is 0. The van der Waals surface area contributed by atoms with Crippen LogP contribution in [0.5, 0.6) is 0 Å². The van der Waals surface area contributed by atoms with Gasteiger partial charge < -0.3 is 0 Å². The first-order chi connectivity index (χ1) is 1.73. The minimum atomic E-state index is -2.62. The first-order valence-electron chi connectivity index (χ1n) is 0.623. The van der Waals surface area contributed by atoms with E-state index in [0.717, 1.165) is 0 Å². The third kappa shape index (κ3) is 110. The van der Waals surface area contributed by atoms with E-state index < -0.39 is 10.9 Å². The normalized spacial score (nSPS) is 6.80. The first-order valence-corrected chi connectivity index (χ1v) is 1.87. The Labute approximate surface area is 43.8 Å². The van der Waals surface area contributed by atoms with Gasteiger partial charge in [0.05, 0.1) is 0 Å². The van der Waals surface area contributed by atoms with E-state index >= 15 is 0 Å². The Hall–Kier alpha value is 0.507. The van der Waals surface area contributed by atoms with Crippen LogP contribution in [0.15, 0.2) is 0 Å². The molecule has 0 aliphatic heterocycles. The van der Waals surface area contributed by atoms with E-state index in [2.05, 4.69) is 5.14 Å². The average molecular weight is 89.0 g/mol. The van der Waals surface area contributed by atoms with Gasteiger partial charge >= 0.3 is 18.9 Å². The molecule has 0 aromatic rings. The summed E-state index contributed by atoms with van der Waals surface area (Å²) < 4.78 is 17.6. The first kappa shape index (κ1) is 9.10. The molecule has 0 saturated heterocycles. The standard InChI is InChI=1S/Li.H3NO2S.H/c;1-4(2)3;/h;4H,(H2,1,2,3);. The molecule has 0 aromatic heterocycles. The van der Waals surface area contributed by atoms with Crippen molar-refractivity contribution in [3.05, 3.63) is 0 Å². The summed E-state index contributed by atoms with van der Waals surface area (Å²) in [5.74, 6) is 0. The number of hydrogen-bond acceptors (Lipinski definition) is 2.